The van der Waals surface area contributed by atoms with Crippen molar-refractivity contribution in [3.05, 3.63) is 89.1 Å². The van der Waals surface area contributed by atoms with E-state index in [1.807, 2.05) is 44.2 Å². The van der Waals surface area contributed by atoms with Crippen LogP contribution in [-0.4, -0.2) is 73.4 Å². The molecule has 0 saturated heterocycles. The monoisotopic (exact) mass is 581 g/mol. The van der Waals surface area contributed by atoms with Crippen molar-refractivity contribution in [2.45, 2.75) is 43.9 Å². The number of aromatic nitrogens is 4. The number of carbonyl (C=O) groups is 1. The molecular weight excluding hydrogens is 550 g/mol. The summed E-state index contributed by atoms with van der Waals surface area (Å²) in [6.07, 6.45) is 3.33. The second kappa shape index (κ2) is 12.9. The van der Waals surface area contributed by atoms with Gasteiger partial charge in [0.1, 0.15) is 18.4 Å². The quantitative estimate of drug-likeness (QED) is 0.177. The second-order valence-electron chi connectivity index (χ2n) is 10.0. The third-order valence-electron chi connectivity index (χ3n) is 6.35. The average Bonchev–Trinajstić information content (AvgIpc) is 3.35. The summed E-state index contributed by atoms with van der Waals surface area (Å²) in [6, 6.07) is 13.0. The van der Waals surface area contributed by atoms with Crippen LogP contribution >= 0.6 is 0 Å². The lowest BCUT2D eigenvalue weighted by molar-refractivity contribution is -0.384. The molecule has 0 spiro atoms. The maximum absolute atomic E-state index is 13.6. The molecule has 0 fully saturated rings. The first kappa shape index (κ1) is 29.7. The molecule has 2 aromatic carbocycles. The number of sulfonamides is 1. The van der Waals surface area contributed by atoms with Gasteiger partial charge in [0, 0.05) is 25.2 Å². The average molecular weight is 582 g/mol. The minimum Gasteiger partial charge on any atom is -0.390 e. The van der Waals surface area contributed by atoms with Crippen LogP contribution in [0.25, 0.3) is 11.2 Å². The van der Waals surface area contributed by atoms with Gasteiger partial charge in [-0.1, -0.05) is 44.2 Å². The molecule has 2 atom stereocenters. The smallest absolute Gasteiger partial charge is 0.269 e. The first-order valence-electron chi connectivity index (χ1n) is 12.9. The number of aliphatic hydroxyl groups is 1. The molecule has 2 aromatic heterocycles. The normalized spacial score (nSPS) is 13.4. The SMILES string of the molecule is CC(C)CN(C[C@@H](O)[C@H](Cc1ccccc1)NC(=O)Cn1cnc2cncnc21)S(=O)(=O)c1ccc([N+](=O)[O-])cc1. The van der Waals surface area contributed by atoms with Crippen molar-refractivity contribution in [2.75, 3.05) is 13.1 Å². The molecular formula is C27H31N7O6S. The zero-order chi connectivity index (χ0) is 29.6. The molecule has 0 unspecified atom stereocenters. The van der Waals surface area contributed by atoms with Crippen LogP contribution in [0.5, 0.6) is 0 Å². The molecule has 41 heavy (non-hydrogen) atoms. The van der Waals surface area contributed by atoms with E-state index in [2.05, 4.69) is 20.3 Å². The van der Waals surface area contributed by atoms with Gasteiger partial charge in [0.25, 0.3) is 5.69 Å². The van der Waals surface area contributed by atoms with Crippen molar-refractivity contribution >= 4 is 32.8 Å². The van der Waals surface area contributed by atoms with Crippen molar-refractivity contribution in [3.8, 4) is 0 Å². The highest BCUT2D eigenvalue weighted by Crippen LogP contribution is 2.22. The number of nitrogens with zero attached hydrogens (tertiary/aromatic N) is 6. The standard InChI is InChI=1S/C27H31N7O6S/c1-19(2)14-33(41(39,40)22-10-8-21(9-11-22)34(37)38)15-25(35)23(12-20-6-4-3-5-7-20)31-26(36)16-32-18-30-24-13-28-17-29-27(24)32/h3-11,13,17-19,23,25,35H,12,14-16H2,1-2H3,(H,31,36)/t23-,25+/m0/s1. The van der Waals surface area contributed by atoms with E-state index in [1.54, 1.807) is 4.57 Å². The molecule has 2 N–H and O–H groups in total. The van der Waals surface area contributed by atoms with Gasteiger partial charge in [0.15, 0.2) is 5.65 Å². The van der Waals surface area contributed by atoms with Crippen LogP contribution in [0, 0.1) is 16.0 Å². The summed E-state index contributed by atoms with van der Waals surface area (Å²) in [7, 11) is -4.12. The fourth-order valence-corrected chi connectivity index (χ4v) is 6.01. The second-order valence-corrected chi connectivity index (χ2v) is 11.9. The maximum atomic E-state index is 13.6. The Bertz CT molecular complexity index is 1590. The fraction of sp³-hybridized carbons (Fsp3) is 0.333. The van der Waals surface area contributed by atoms with Crippen LogP contribution < -0.4 is 5.32 Å². The number of hydrogen-bond acceptors (Lipinski definition) is 9. The summed E-state index contributed by atoms with van der Waals surface area (Å²) in [6.45, 7) is 3.34. The van der Waals surface area contributed by atoms with E-state index in [4.69, 9.17) is 0 Å². The molecule has 13 nitrogen and oxygen atoms in total. The molecule has 0 aliphatic heterocycles. The molecule has 0 saturated carbocycles. The highest BCUT2D eigenvalue weighted by Gasteiger charge is 2.31. The van der Waals surface area contributed by atoms with Gasteiger partial charge >= 0.3 is 0 Å². The number of rotatable bonds is 13. The number of carbonyl (C=O) groups excluding carboxylic acids is 1. The van der Waals surface area contributed by atoms with Crippen LogP contribution in [0.2, 0.25) is 0 Å². The molecule has 0 bridgehead atoms. The molecule has 14 heteroatoms. The Morgan fingerprint density at radius 1 is 1.10 bits per heavy atom. The fourth-order valence-electron chi connectivity index (χ4n) is 4.39. The first-order chi connectivity index (χ1) is 19.5. The number of amides is 1. The summed E-state index contributed by atoms with van der Waals surface area (Å²) in [5.74, 6) is -0.509. The van der Waals surface area contributed by atoms with Gasteiger partial charge in [-0.15, -0.1) is 0 Å². The van der Waals surface area contributed by atoms with Crippen molar-refractivity contribution < 1.29 is 23.2 Å². The highest BCUT2D eigenvalue weighted by atomic mass is 32.2. The molecule has 2 heterocycles. The molecule has 1 amide bonds. The molecule has 4 rings (SSSR count). The molecule has 0 aliphatic carbocycles. The summed E-state index contributed by atoms with van der Waals surface area (Å²) < 4.78 is 29.8. The Balaban J connectivity index is 1.57. The third kappa shape index (κ3) is 7.48. The number of non-ortho nitro benzene ring substituents is 1. The van der Waals surface area contributed by atoms with E-state index < -0.39 is 33.0 Å². The van der Waals surface area contributed by atoms with Crippen LogP contribution in [0.4, 0.5) is 5.69 Å². The Morgan fingerprint density at radius 3 is 2.46 bits per heavy atom. The van der Waals surface area contributed by atoms with Gasteiger partial charge in [0.2, 0.25) is 15.9 Å². The number of nitro groups is 1. The Kier molecular flexibility index (Phi) is 9.37. The van der Waals surface area contributed by atoms with Crippen LogP contribution in [0.15, 0.2) is 78.3 Å². The zero-order valence-electron chi connectivity index (χ0n) is 22.6. The molecule has 216 valence electrons. The number of benzene rings is 2. The number of imidazole rings is 1. The molecule has 0 radical (unpaired) electrons. The van der Waals surface area contributed by atoms with Crippen molar-refractivity contribution in [3.63, 3.8) is 0 Å². The minimum absolute atomic E-state index is 0.0864. The molecule has 0 aliphatic rings. The summed E-state index contributed by atoms with van der Waals surface area (Å²) >= 11 is 0. The Morgan fingerprint density at radius 2 is 1.80 bits per heavy atom. The summed E-state index contributed by atoms with van der Waals surface area (Å²) in [5.41, 5.74) is 1.61. The topological polar surface area (TPSA) is 173 Å². The van der Waals surface area contributed by atoms with E-state index in [0.29, 0.717) is 11.2 Å². The highest BCUT2D eigenvalue weighted by molar-refractivity contribution is 7.89. The summed E-state index contributed by atoms with van der Waals surface area (Å²) in [4.78, 5) is 35.7. The number of fused-ring (bicyclic) bond motifs is 1. The number of aliphatic hydroxyl groups excluding tert-OH is 1. The Hall–Kier alpha value is -4.27. The van der Waals surface area contributed by atoms with Crippen molar-refractivity contribution in [2.24, 2.45) is 5.92 Å². The largest absolute Gasteiger partial charge is 0.390 e. The van der Waals surface area contributed by atoms with Gasteiger partial charge in [-0.05, 0) is 30.0 Å². The lowest BCUT2D eigenvalue weighted by Crippen LogP contribution is -2.51. The summed E-state index contributed by atoms with van der Waals surface area (Å²) in [5, 5.41) is 25.3. The number of nitro benzene ring substituents is 1. The van der Waals surface area contributed by atoms with Crippen LogP contribution in [0.3, 0.4) is 0 Å². The number of hydrogen-bond donors (Lipinski definition) is 2. The van der Waals surface area contributed by atoms with E-state index in [9.17, 15) is 28.4 Å². The third-order valence-corrected chi connectivity index (χ3v) is 8.19. The predicted molar refractivity (Wildman–Crippen MR) is 150 cm³/mol. The predicted octanol–water partition coefficient (Wildman–Crippen LogP) is 2.17. The Labute approximate surface area is 237 Å². The molecule has 4 aromatic rings. The van der Waals surface area contributed by atoms with Crippen molar-refractivity contribution in [1.82, 2.24) is 29.1 Å². The maximum Gasteiger partial charge on any atom is 0.269 e. The van der Waals surface area contributed by atoms with E-state index in [0.717, 1.165) is 22.0 Å². The van der Waals surface area contributed by atoms with Crippen LogP contribution in [-0.2, 0) is 27.8 Å². The van der Waals surface area contributed by atoms with Crippen LogP contribution in [0.1, 0.15) is 19.4 Å². The lowest BCUT2D eigenvalue weighted by atomic mass is 10.0. The van der Waals surface area contributed by atoms with Gasteiger partial charge in [0.05, 0.1) is 34.5 Å². The van der Waals surface area contributed by atoms with Gasteiger partial charge in [-0.2, -0.15) is 4.31 Å². The van der Waals surface area contributed by atoms with E-state index >= 15 is 0 Å². The first-order valence-corrected chi connectivity index (χ1v) is 14.4. The minimum atomic E-state index is -4.12. The van der Waals surface area contributed by atoms with Gasteiger partial charge < -0.3 is 15.0 Å². The lowest BCUT2D eigenvalue weighted by Gasteiger charge is -2.30. The van der Waals surface area contributed by atoms with Gasteiger partial charge in [-0.3, -0.25) is 14.9 Å². The van der Waals surface area contributed by atoms with E-state index in [1.165, 1.54) is 31.0 Å². The van der Waals surface area contributed by atoms with Gasteiger partial charge in [-0.25, -0.2) is 23.4 Å². The van der Waals surface area contributed by atoms with E-state index in [-0.39, 0.29) is 42.6 Å². The van der Waals surface area contributed by atoms with Crippen molar-refractivity contribution in [1.29, 1.82) is 0 Å². The zero-order valence-corrected chi connectivity index (χ0v) is 23.4. The number of nitrogens with one attached hydrogen (secondary N) is 1.